The normalized spacial score (nSPS) is 35.2. The van der Waals surface area contributed by atoms with Crippen molar-refractivity contribution in [1.82, 2.24) is 5.32 Å². The van der Waals surface area contributed by atoms with Gasteiger partial charge in [-0.2, -0.15) is 0 Å². The molecule has 1 rings (SSSR count). The lowest BCUT2D eigenvalue weighted by atomic mass is 10.4. The van der Waals surface area contributed by atoms with Crippen molar-refractivity contribution in [2.75, 3.05) is 20.8 Å². The maximum Gasteiger partial charge on any atom is 0.0505 e. The first-order chi connectivity index (χ1) is 3.88. The molecule has 2 unspecified atom stereocenters. The van der Waals surface area contributed by atoms with Crippen LogP contribution in [0.2, 0.25) is 0 Å². The zero-order chi connectivity index (χ0) is 5.98. The van der Waals surface area contributed by atoms with E-state index in [-0.39, 0.29) is 0 Å². The van der Waals surface area contributed by atoms with Gasteiger partial charge in [-0.25, -0.2) is 0 Å². The van der Waals surface area contributed by atoms with Crippen LogP contribution in [0.3, 0.4) is 0 Å². The first-order valence-corrected chi connectivity index (χ1v) is 3.04. The lowest BCUT2D eigenvalue weighted by Gasteiger charge is -1.94. The molecule has 0 aliphatic heterocycles. The van der Waals surface area contributed by atoms with Crippen molar-refractivity contribution in [1.29, 1.82) is 0 Å². The summed E-state index contributed by atoms with van der Waals surface area (Å²) in [4.78, 5) is 0. The Morgan fingerprint density at radius 3 is 2.88 bits per heavy atom. The van der Waals surface area contributed by atoms with Crippen LogP contribution >= 0.6 is 0 Å². The predicted octanol–water partition coefficient (Wildman–Crippen LogP) is 0.241. The fourth-order valence-corrected chi connectivity index (χ4v) is 0.999. The second-order valence-electron chi connectivity index (χ2n) is 2.35. The average molecular weight is 115 g/mol. The van der Waals surface area contributed by atoms with Crippen LogP contribution in [-0.2, 0) is 4.74 Å². The maximum absolute atomic E-state index is 4.96. The van der Waals surface area contributed by atoms with Crippen LogP contribution in [0.5, 0.6) is 0 Å². The van der Waals surface area contributed by atoms with Gasteiger partial charge in [0, 0.05) is 13.2 Å². The van der Waals surface area contributed by atoms with Crippen molar-refractivity contribution in [3.63, 3.8) is 0 Å². The quantitative estimate of drug-likeness (QED) is 0.569. The SMILES string of the molecule is CNC1CC1COC. The molecule has 0 aromatic carbocycles. The van der Waals surface area contributed by atoms with Crippen LogP contribution in [0.15, 0.2) is 0 Å². The zero-order valence-corrected chi connectivity index (χ0v) is 5.48. The highest BCUT2D eigenvalue weighted by molar-refractivity contribution is 4.91. The molecule has 1 aliphatic rings. The minimum atomic E-state index is 0.745. The Hall–Kier alpha value is -0.0800. The Labute approximate surface area is 50.2 Å². The molecule has 0 heterocycles. The molecule has 48 valence electrons. The third-order valence-electron chi connectivity index (χ3n) is 1.67. The number of rotatable bonds is 3. The van der Waals surface area contributed by atoms with Gasteiger partial charge in [-0.3, -0.25) is 0 Å². The van der Waals surface area contributed by atoms with Gasteiger partial charge in [-0.1, -0.05) is 0 Å². The Morgan fingerprint density at radius 1 is 1.75 bits per heavy atom. The van der Waals surface area contributed by atoms with Crippen molar-refractivity contribution >= 4 is 0 Å². The van der Waals surface area contributed by atoms with Crippen LogP contribution in [0, 0.1) is 5.92 Å². The minimum Gasteiger partial charge on any atom is -0.384 e. The Kier molecular flexibility index (Phi) is 1.86. The van der Waals surface area contributed by atoms with Gasteiger partial charge in [-0.15, -0.1) is 0 Å². The molecule has 0 spiro atoms. The Bertz CT molecular complexity index is 74.9. The highest BCUT2D eigenvalue weighted by atomic mass is 16.5. The van der Waals surface area contributed by atoms with Crippen LogP contribution in [-0.4, -0.2) is 26.8 Å². The van der Waals surface area contributed by atoms with E-state index in [2.05, 4.69) is 5.32 Å². The molecular weight excluding hydrogens is 102 g/mol. The minimum absolute atomic E-state index is 0.745. The molecule has 1 aliphatic carbocycles. The van der Waals surface area contributed by atoms with Gasteiger partial charge in [0.2, 0.25) is 0 Å². The molecular formula is C6H13NO. The molecule has 0 aromatic heterocycles. The number of nitrogens with one attached hydrogen (secondary N) is 1. The molecule has 0 saturated heterocycles. The molecule has 0 radical (unpaired) electrons. The molecule has 1 fully saturated rings. The van der Waals surface area contributed by atoms with E-state index >= 15 is 0 Å². The first kappa shape index (κ1) is 6.05. The highest BCUT2D eigenvalue weighted by Gasteiger charge is 2.34. The van der Waals surface area contributed by atoms with E-state index in [1.807, 2.05) is 7.05 Å². The lowest BCUT2D eigenvalue weighted by Crippen LogP contribution is -2.12. The van der Waals surface area contributed by atoms with Crippen molar-refractivity contribution in [3.8, 4) is 0 Å². The monoisotopic (exact) mass is 115 g/mol. The average Bonchev–Trinajstić information content (AvgIpc) is 2.48. The smallest absolute Gasteiger partial charge is 0.0505 e. The van der Waals surface area contributed by atoms with E-state index < -0.39 is 0 Å². The summed E-state index contributed by atoms with van der Waals surface area (Å²) in [6, 6.07) is 0.745. The number of ether oxygens (including phenoxy) is 1. The van der Waals surface area contributed by atoms with Gasteiger partial charge in [0.1, 0.15) is 0 Å². The van der Waals surface area contributed by atoms with Gasteiger partial charge in [0.25, 0.3) is 0 Å². The van der Waals surface area contributed by atoms with Crippen molar-refractivity contribution in [2.45, 2.75) is 12.5 Å². The van der Waals surface area contributed by atoms with E-state index in [9.17, 15) is 0 Å². The molecule has 0 bridgehead atoms. The van der Waals surface area contributed by atoms with Crippen LogP contribution in [0.25, 0.3) is 0 Å². The lowest BCUT2D eigenvalue weighted by molar-refractivity contribution is 0.183. The first-order valence-electron chi connectivity index (χ1n) is 3.04. The van der Waals surface area contributed by atoms with Gasteiger partial charge >= 0.3 is 0 Å². The van der Waals surface area contributed by atoms with Gasteiger partial charge < -0.3 is 10.1 Å². The molecule has 8 heavy (non-hydrogen) atoms. The van der Waals surface area contributed by atoms with E-state index in [1.54, 1.807) is 7.11 Å². The summed E-state index contributed by atoms with van der Waals surface area (Å²) in [6.45, 7) is 0.922. The van der Waals surface area contributed by atoms with Gasteiger partial charge in [-0.05, 0) is 19.4 Å². The van der Waals surface area contributed by atoms with Gasteiger partial charge in [0.05, 0.1) is 6.61 Å². The van der Waals surface area contributed by atoms with E-state index in [0.717, 1.165) is 18.6 Å². The molecule has 0 amide bonds. The topological polar surface area (TPSA) is 21.3 Å². The van der Waals surface area contributed by atoms with E-state index in [4.69, 9.17) is 4.74 Å². The summed E-state index contributed by atoms with van der Waals surface area (Å²) >= 11 is 0. The van der Waals surface area contributed by atoms with Crippen molar-refractivity contribution in [3.05, 3.63) is 0 Å². The molecule has 2 heteroatoms. The standard InChI is InChI=1S/C6H13NO/c1-7-6-3-5(6)4-8-2/h5-7H,3-4H2,1-2H3. The molecule has 1 saturated carbocycles. The van der Waals surface area contributed by atoms with Crippen LogP contribution < -0.4 is 5.32 Å². The van der Waals surface area contributed by atoms with Crippen LogP contribution in [0.1, 0.15) is 6.42 Å². The third kappa shape index (κ3) is 1.20. The second-order valence-corrected chi connectivity index (χ2v) is 2.35. The largest absolute Gasteiger partial charge is 0.384 e. The summed E-state index contributed by atoms with van der Waals surface area (Å²) in [5, 5.41) is 3.19. The Balaban J connectivity index is 1.99. The summed E-state index contributed by atoms with van der Waals surface area (Å²) in [7, 11) is 3.76. The number of methoxy groups -OCH3 is 1. The van der Waals surface area contributed by atoms with Gasteiger partial charge in [0.15, 0.2) is 0 Å². The summed E-state index contributed by atoms with van der Waals surface area (Å²) in [5.41, 5.74) is 0. The second kappa shape index (κ2) is 2.46. The summed E-state index contributed by atoms with van der Waals surface area (Å²) in [5.74, 6) is 0.796. The predicted molar refractivity (Wildman–Crippen MR) is 32.8 cm³/mol. The maximum atomic E-state index is 4.96. The summed E-state index contributed by atoms with van der Waals surface area (Å²) in [6.07, 6.45) is 1.30. The van der Waals surface area contributed by atoms with E-state index in [0.29, 0.717) is 0 Å². The zero-order valence-electron chi connectivity index (χ0n) is 5.48. The highest BCUT2D eigenvalue weighted by Crippen LogP contribution is 2.29. The van der Waals surface area contributed by atoms with Crippen molar-refractivity contribution in [2.24, 2.45) is 5.92 Å². The Morgan fingerprint density at radius 2 is 2.50 bits per heavy atom. The summed E-state index contributed by atoms with van der Waals surface area (Å²) < 4.78 is 4.96. The van der Waals surface area contributed by atoms with E-state index in [1.165, 1.54) is 6.42 Å². The fourth-order valence-electron chi connectivity index (χ4n) is 0.999. The molecule has 0 aromatic rings. The molecule has 2 atom stereocenters. The van der Waals surface area contributed by atoms with Crippen molar-refractivity contribution < 1.29 is 4.74 Å². The molecule has 2 nitrogen and oxygen atoms in total. The number of hydrogen-bond donors (Lipinski definition) is 1. The van der Waals surface area contributed by atoms with Crippen LogP contribution in [0.4, 0.5) is 0 Å². The third-order valence-corrected chi connectivity index (χ3v) is 1.67. The fraction of sp³-hybridized carbons (Fsp3) is 1.00. The molecule has 1 N–H and O–H groups in total. The number of hydrogen-bond acceptors (Lipinski definition) is 2.